The van der Waals surface area contributed by atoms with Crippen LogP contribution in [0.1, 0.15) is 27.7 Å². The Morgan fingerprint density at radius 3 is 1.51 bits per heavy atom. The van der Waals surface area contributed by atoms with Crippen molar-refractivity contribution in [3.8, 4) is 0 Å². The molecule has 0 N–H and O–H groups in total. The number of hydrogen-bond donors (Lipinski definition) is 0. The van der Waals surface area contributed by atoms with Crippen molar-refractivity contribution in [1.29, 1.82) is 0 Å². The first-order chi connectivity index (χ1) is 19.9. The van der Waals surface area contributed by atoms with E-state index in [1.54, 1.807) is 61.8 Å². The van der Waals surface area contributed by atoms with E-state index in [0.29, 0.717) is 11.4 Å². The molecule has 12 nitrogen and oxygen atoms in total. The van der Waals surface area contributed by atoms with Gasteiger partial charge < -0.3 is 24.1 Å². The van der Waals surface area contributed by atoms with Crippen LogP contribution in [0.2, 0.25) is 0 Å². The zero-order valence-corrected chi connectivity index (χ0v) is 26.3. The first kappa shape index (κ1) is 38.1. The van der Waals surface area contributed by atoms with Crippen LogP contribution in [0.5, 0.6) is 0 Å². The molecule has 0 unspecified atom stereocenters. The largest absolute Gasteiger partial charge is 2.00 e. The van der Waals surface area contributed by atoms with Crippen LogP contribution in [0.25, 0.3) is 5.32 Å². The number of benzene rings is 1. The molecule has 0 saturated heterocycles. The molecular formula is C30H36FeN8O4. The molecule has 0 aliphatic heterocycles. The number of ketones is 3. The SMILES string of the molecule is CC(=O)C(=C[N-]c1ccccc1N=C/C(C(C)=O)=C(/C)[O-])C(C)=O.Cn1ccnc1.Cn1ccnc1.Cn1ccnc1.[Fe+2]. The number of Topliss-reactive ketones (excluding diaryl/α,β-unsaturated/α-hetero) is 3. The van der Waals surface area contributed by atoms with E-state index >= 15 is 0 Å². The van der Waals surface area contributed by atoms with Gasteiger partial charge in [0.1, 0.15) is 0 Å². The monoisotopic (exact) mass is 628 g/mol. The van der Waals surface area contributed by atoms with Crippen LogP contribution in [0, 0.1) is 0 Å². The van der Waals surface area contributed by atoms with Crippen molar-refractivity contribution in [2.24, 2.45) is 26.1 Å². The second kappa shape index (κ2) is 20.9. The fourth-order valence-electron chi connectivity index (χ4n) is 2.79. The van der Waals surface area contributed by atoms with Gasteiger partial charge in [0.05, 0.1) is 19.0 Å². The van der Waals surface area contributed by atoms with Gasteiger partial charge in [0.15, 0.2) is 17.3 Å². The van der Waals surface area contributed by atoms with Gasteiger partial charge in [0.2, 0.25) is 0 Å². The maximum Gasteiger partial charge on any atom is 2.00 e. The van der Waals surface area contributed by atoms with Crippen molar-refractivity contribution >= 4 is 34.9 Å². The summed E-state index contributed by atoms with van der Waals surface area (Å²) < 4.78 is 5.67. The Bertz CT molecular complexity index is 1380. The summed E-state index contributed by atoms with van der Waals surface area (Å²) in [5, 5.41) is 15.5. The average Bonchev–Trinajstić information content (AvgIpc) is 3.71. The Kier molecular flexibility index (Phi) is 18.6. The molecule has 4 rings (SSSR count). The summed E-state index contributed by atoms with van der Waals surface area (Å²) in [4.78, 5) is 49.7. The predicted octanol–water partition coefficient (Wildman–Crippen LogP) is 3.94. The molecule has 4 aromatic rings. The van der Waals surface area contributed by atoms with E-state index in [1.807, 2.05) is 53.4 Å². The van der Waals surface area contributed by atoms with Gasteiger partial charge in [-0.1, -0.05) is 25.1 Å². The second-order valence-corrected chi connectivity index (χ2v) is 8.74. The van der Waals surface area contributed by atoms with E-state index in [0.717, 1.165) is 0 Å². The Morgan fingerprint density at radius 2 is 1.21 bits per heavy atom. The minimum absolute atomic E-state index is 0. The molecule has 0 radical (unpaired) electrons. The van der Waals surface area contributed by atoms with Crippen LogP contribution in [-0.4, -0.2) is 52.2 Å². The zero-order chi connectivity index (χ0) is 31.5. The average molecular weight is 629 g/mol. The molecule has 0 bridgehead atoms. The minimum Gasteiger partial charge on any atom is -0.875 e. The van der Waals surface area contributed by atoms with E-state index in [4.69, 9.17) is 0 Å². The Hall–Kier alpha value is -4.87. The fourth-order valence-corrected chi connectivity index (χ4v) is 2.79. The maximum atomic E-state index is 11.4. The van der Waals surface area contributed by atoms with Crippen LogP contribution >= 0.6 is 0 Å². The van der Waals surface area contributed by atoms with Crippen molar-refractivity contribution in [3.05, 3.63) is 109 Å². The van der Waals surface area contributed by atoms with Crippen molar-refractivity contribution in [3.63, 3.8) is 0 Å². The summed E-state index contributed by atoms with van der Waals surface area (Å²) in [6, 6.07) is 6.71. The smallest absolute Gasteiger partial charge is 0.875 e. The summed E-state index contributed by atoms with van der Waals surface area (Å²) in [5.41, 5.74) is 0.766. The summed E-state index contributed by atoms with van der Waals surface area (Å²) in [7, 11) is 5.81. The number of aryl methyl sites for hydroxylation is 3. The minimum atomic E-state index is -0.379. The number of aromatic nitrogens is 6. The molecule has 0 fully saturated rings. The number of para-hydroxylation sites is 2. The zero-order valence-electron chi connectivity index (χ0n) is 25.2. The Labute approximate surface area is 262 Å². The van der Waals surface area contributed by atoms with E-state index in [-0.39, 0.29) is 51.3 Å². The third kappa shape index (κ3) is 16.2. The number of aliphatic imine (C=N–C) groups is 1. The van der Waals surface area contributed by atoms with E-state index in [9.17, 15) is 19.5 Å². The van der Waals surface area contributed by atoms with E-state index in [1.165, 1.54) is 40.1 Å². The van der Waals surface area contributed by atoms with Crippen LogP contribution in [0.3, 0.4) is 0 Å². The number of hydrogen-bond acceptors (Lipinski definition) is 8. The van der Waals surface area contributed by atoms with Gasteiger partial charge in [-0.25, -0.2) is 15.0 Å². The third-order valence-corrected chi connectivity index (χ3v) is 4.97. The van der Waals surface area contributed by atoms with Crippen LogP contribution in [0.4, 0.5) is 11.4 Å². The van der Waals surface area contributed by atoms with Gasteiger partial charge in [0, 0.05) is 81.4 Å². The Balaban J connectivity index is 0.000000735. The summed E-state index contributed by atoms with van der Waals surface area (Å²) in [6.07, 6.45) is 18.6. The molecular weight excluding hydrogens is 592 g/mol. The number of nitrogens with zero attached hydrogens (tertiary/aromatic N) is 8. The Morgan fingerprint density at radius 1 is 0.767 bits per heavy atom. The van der Waals surface area contributed by atoms with Gasteiger partial charge in [-0.15, -0.1) is 11.4 Å². The van der Waals surface area contributed by atoms with Crippen LogP contribution in [-0.2, 0) is 52.6 Å². The molecule has 0 atom stereocenters. The topological polar surface area (TPSA) is 154 Å². The van der Waals surface area contributed by atoms with Crippen molar-refractivity contribution < 1.29 is 36.6 Å². The molecule has 0 aliphatic rings. The van der Waals surface area contributed by atoms with Crippen LogP contribution in [0.15, 0.2) is 109 Å². The van der Waals surface area contributed by atoms with Gasteiger partial charge in [-0.2, -0.15) is 6.20 Å². The summed E-state index contributed by atoms with van der Waals surface area (Å²) in [6.45, 7) is 5.14. The van der Waals surface area contributed by atoms with Crippen molar-refractivity contribution in [2.75, 3.05) is 0 Å². The molecule has 0 aliphatic carbocycles. The van der Waals surface area contributed by atoms with Gasteiger partial charge >= 0.3 is 17.1 Å². The molecule has 1 aromatic carbocycles. The second-order valence-electron chi connectivity index (χ2n) is 8.74. The molecule has 3 heterocycles. The first-order valence-corrected chi connectivity index (χ1v) is 12.6. The number of rotatable bonds is 7. The third-order valence-electron chi connectivity index (χ3n) is 4.97. The number of carbonyl (C=O) groups is 3. The molecule has 0 amide bonds. The van der Waals surface area contributed by atoms with E-state index < -0.39 is 0 Å². The first-order valence-electron chi connectivity index (χ1n) is 12.6. The quantitative estimate of drug-likeness (QED) is 0.0750. The standard InChI is InChI=1S/C18H20N2O4.3C4H6N2.Fe/c1-11(21)15(12(2)22)9-19-17-7-5-6-8-18(17)20-10-16(13(3)23)14(4)24;3*1-6-3-2-5-4-6;/h5-10H,1-4H3,(H2,19,20,21,22,23,24);3*2-4H,1H3;/q;;;;+2/p-2. The molecule has 0 spiro atoms. The summed E-state index contributed by atoms with van der Waals surface area (Å²) in [5.74, 6) is -1.51. The van der Waals surface area contributed by atoms with Crippen molar-refractivity contribution in [1.82, 2.24) is 28.7 Å². The number of imidazole rings is 3. The van der Waals surface area contributed by atoms with Crippen molar-refractivity contribution in [2.45, 2.75) is 27.7 Å². The predicted molar refractivity (Wildman–Crippen MR) is 160 cm³/mol. The molecule has 13 heteroatoms. The maximum absolute atomic E-state index is 11.4. The van der Waals surface area contributed by atoms with Crippen LogP contribution < -0.4 is 5.11 Å². The molecule has 0 saturated carbocycles. The van der Waals surface area contributed by atoms with Gasteiger partial charge in [-0.05, 0) is 26.8 Å². The molecule has 228 valence electrons. The normalized spacial score (nSPS) is 10.2. The van der Waals surface area contributed by atoms with Gasteiger partial charge in [-0.3, -0.25) is 19.4 Å². The molecule has 43 heavy (non-hydrogen) atoms. The number of carbonyl (C=O) groups excluding carboxylic acids is 3. The fraction of sp³-hybridized carbons (Fsp3) is 0.233. The van der Waals surface area contributed by atoms with Gasteiger partial charge in [0.25, 0.3) is 0 Å². The molecule has 3 aromatic heterocycles. The van der Waals surface area contributed by atoms with E-state index in [2.05, 4.69) is 25.3 Å². The number of allylic oxidation sites excluding steroid dienone is 3. The summed E-state index contributed by atoms with van der Waals surface area (Å²) >= 11 is 0.